The van der Waals surface area contributed by atoms with Crippen molar-refractivity contribution in [3.63, 3.8) is 0 Å². The molecule has 66 heavy (non-hydrogen) atoms. The van der Waals surface area contributed by atoms with Crippen molar-refractivity contribution in [3.8, 4) is 16.9 Å². The lowest BCUT2D eigenvalue weighted by atomic mass is 9.46. The van der Waals surface area contributed by atoms with Crippen molar-refractivity contribution in [2.45, 2.75) is 94.8 Å². The molecule has 1 spiro atoms. The fraction of sp³-hybridized carbons (Fsp3) is 0.558. The first-order chi connectivity index (χ1) is 31.6. The second-order valence-electron chi connectivity index (χ2n) is 20.6. The Hall–Kier alpha value is -4.73. The number of rotatable bonds is 8. The molecular formula is C52H64BN3O10. The number of benzene rings is 2. The van der Waals surface area contributed by atoms with Crippen LogP contribution in [0.15, 0.2) is 83.5 Å². The summed E-state index contributed by atoms with van der Waals surface area (Å²) in [7, 11) is 6.80. The largest absolute Gasteiger partial charge is 0.508 e. The smallest absolute Gasteiger partial charge is 0.344 e. The Morgan fingerprint density at radius 1 is 0.924 bits per heavy atom. The fourth-order valence-electron chi connectivity index (χ4n) is 15.2. The summed E-state index contributed by atoms with van der Waals surface area (Å²) in [5, 5.41) is 36.1. The summed E-state index contributed by atoms with van der Waals surface area (Å²) in [6, 6.07) is 12.5. The lowest BCUT2D eigenvalue weighted by molar-refractivity contribution is -0.243. The van der Waals surface area contributed by atoms with Crippen LogP contribution in [0.3, 0.4) is 0 Å². The van der Waals surface area contributed by atoms with Gasteiger partial charge in [0.2, 0.25) is 5.60 Å². The molecule has 2 bridgehead atoms. The molecule has 0 radical (unpaired) electrons. The number of aliphatic hydroxyl groups is 2. The molecular weight excluding hydrogens is 837 g/mol. The van der Waals surface area contributed by atoms with Gasteiger partial charge in [-0.15, -0.1) is 0 Å². The van der Waals surface area contributed by atoms with E-state index in [4.69, 9.17) is 18.9 Å². The minimum Gasteiger partial charge on any atom is -0.508 e. The van der Waals surface area contributed by atoms with Crippen LogP contribution in [0.5, 0.6) is 5.75 Å². The second kappa shape index (κ2) is 15.9. The van der Waals surface area contributed by atoms with Crippen LogP contribution in [0.4, 0.5) is 0 Å². The maximum atomic E-state index is 15.7. The van der Waals surface area contributed by atoms with Crippen LogP contribution >= 0.6 is 0 Å². The summed E-state index contributed by atoms with van der Waals surface area (Å²) in [5.74, 6) is -2.36. The first-order valence-corrected chi connectivity index (χ1v) is 23.9. The van der Waals surface area contributed by atoms with Gasteiger partial charge < -0.3 is 39.2 Å². The van der Waals surface area contributed by atoms with Crippen LogP contribution in [0.25, 0.3) is 16.7 Å². The van der Waals surface area contributed by atoms with Crippen LogP contribution < -0.4 is 5.46 Å². The molecule has 14 heteroatoms. The summed E-state index contributed by atoms with van der Waals surface area (Å²) in [5.41, 5.74) is 1.40. The number of piperidine rings is 1. The number of carbonyl (C=O) groups excluding carboxylic acids is 3. The van der Waals surface area contributed by atoms with E-state index in [1.165, 1.54) is 21.1 Å². The van der Waals surface area contributed by atoms with E-state index >= 15 is 4.79 Å². The maximum absolute atomic E-state index is 15.7. The van der Waals surface area contributed by atoms with Crippen molar-refractivity contribution in [2.75, 3.05) is 61.1 Å². The molecule has 1 saturated carbocycles. The molecule has 0 amide bonds. The SMILES string of the molecule is CC[C@]1(O)C[C@H]2CN(CCC3=C(Bc4ccc(-c5cccc(O)c5)cc43)[C@@](C(=O)OC)(C3C=C4C(=CC3OC)N(C)[C@H]3[C@@](O)(C(=O)OC)[C@H](OC(C)=O)[C@]5(CC)C=CCN6CC[C@]43[C@@H]65)C2)C1. The first kappa shape index (κ1) is 45.1. The number of carbonyl (C=O) groups is 3. The van der Waals surface area contributed by atoms with Gasteiger partial charge in [-0.2, -0.15) is 0 Å². The first-order valence-electron chi connectivity index (χ1n) is 23.9. The topological polar surface area (TPSA) is 159 Å². The molecule has 3 N–H and O–H groups in total. The van der Waals surface area contributed by atoms with E-state index in [9.17, 15) is 24.9 Å². The van der Waals surface area contributed by atoms with Crippen LogP contribution in [0.2, 0.25) is 0 Å². The summed E-state index contributed by atoms with van der Waals surface area (Å²) in [6.45, 7) is 8.63. The van der Waals surface area contributed by atoms with E-state index in [0.717, 1.165) is 44.5 Å². The highest BCUT2D eigenvalue weighted by molar-refractivity contribution is 6.67. The fourth-order valence-corrected chi connectivity index (χ4v) is 15.2. The Kier molecular flexibility index (Phi) is 10.9. The lowest BCUT2D eigenvalue weighted by Gasteiger charge is -2.63. The molecule has 350 valence electrons. The number of fused-ring (bicyclic) bond motifs is 5. The van der Waals surface area contributed by atoms with E-state index in [2.05, 4.69) is 52.3 Å². The van der Waals surface area contributed by atoms with E-state index in [1.807, 2.05) is 37.9 Å². The number of phenols is 1. The summed E-state index contributed by atoms with van der Waals surface area (Å²) in [6.07, 6.45) is 9.70. The number of ether oxygens (including phenoxy) is 4. The normalized spacial score (nSPS) is 38.5. The summed E-state index contributed by atoms with van der Waals surface area (Å²) in [4.78, 5) is 50.1. The molecule has 10 rings (SSSR count). The van der Waals surface area contributed by atoms with E-state index in [1.54, 1.807) is 19.2 Å². The molecule has 8 aliphatic rings. The van der Waals surface area contributed by atoms with Gasteiger partial charge in [-0.25, -0.2) is 4.79 Å². The molecule has 4 fully saturated rings. The van der Waals surface area contributed by atoms with Crippen molar-refractivity contribution >= 4 is 36.2 Å². The average molecular weight is 902 g/mol. The number of hydrogen-bond acceptors (Lipinski definition) is 13. The predicted octanol–water partition coefficient (Wildman–Crippen LogP) is 3.91. The van der Waals surface area contributed by atoms with Gasteiger partial charge >= 0.3 is 17.9 Å². The average Bonchev–Trinajstić information content (AvgIpc) is 3.97. The standard InChI is InChI=1S/C52H64BN3O10/c1-8-48(61)26-31-27-51(46(59)64-6,42-35(16-20-55(28-31)29-48)36-23-33(14-15-39(36)53-42)32-12-10-13-34(58)22-32)38-24-37-40(25-41(38)63-5)54(4)44-50(37)18-21-56-19-11-17-49(9-2,43(50)56)45(66-30(3)57)52(44,62)47(60)65-7/h10-15,17,22-25,31,38,41,43-45,53,58,61-62H,8-9,16,18-21,26-29H2,1-7H3/t31-,38?,41?,43+,44-,45-,48+,49-,50-,51+,52+/m1/s1. The molecule has 2 aromatic carbocycles. The Labute approximate surface area is 388 Å². The molecule has 6 heterocycles. The van der Waals surface area contributed by atoms with Crippen molar-refractivity contribution in [2.24, 2.45) is 28.1 Å². The Balaban J connectivity index is 1.23. The number of aromatic hydroxyl groups is 1. The number of likely N-dealkylation sites (N-methyl/N-ethyl adjacent to an activating group) is 1. The number of methoxy groups -OCH3 is 3. The molecule has 0 aromatic heterocycles. The van der Waals surface area contributed by atoms with Gasteiger partial charge in [0.25, 0.3) is 0 Å². The summed E-state index contributed by atoms with van der Waals surface area (Å²) < 4.78 is 24.4. The predicted molar refractivity (Wildman–Crippen MR) is 250 cm³/mol. The van der Waals surface area contributed by atoms with E-state index in [0.29, 0.717) is 78.5 Å². The number of nitrogens with zero attached hydrogens (tertiary/aromatic N) is 3. The Morgan fingerprint density at radius 2 is 1.70 bits per heavy atom. The monoisotopic (exact) mass is 901 g/mol. The number of hydrogen-bond donors (Lipinski definition) is 3. The Bertz CT molecular complexity index is 2500. The third-order valence-corrected chi connectivity index (χ3v) is 17.6. The van der Waals surface area contributed by atoms with Gasteiger partial charge in [-0.05, 0) is 103 Å². The molecule has 2 aliphatic carbocycles. The third-order valence-electron chi connectivity index (χ3n) is 17.6. The Morgan fingerprint density at radius 3 is 2.39 bits per heavy atom. The molecule has 13 nitrogen and oxygen atoms in total. The number of phenolic OH excluding ortho intramolecular Hbond substituents is 1. The second-order valence-corrected chi connectivity index (χ2v) is 20.6. The highest BCUT2D eigenvalue weighted by Gasteiger charge is 2.81. The summed E-state index contributed by atoms with van der Waals surface area (Å²) >= 11 is 0. The minimum absolute atomic E-state index is 0.0820. The zero-order valence-electron chi connectivity index (χ0n) is 39.3. The van der Waals surface area contributed by atoms with Crippen molar-refractivity contribution < 1.29 is 48.7 Å². The molecule has 2 aromatic rings. The molecule has 6 aliphatic heterocycles. The molecule has 3 saturated heterocycles. The number of esters is 3. The van der Waals surface area contributed by atoms with Crippen LogP contribution in [-0.2, 0) is 33.3 Å². The quantitative estimate of drug-likeness (QED) is 0.152. The van der Waals surface area contributed by atoms with Crippen molar-refractivity contribution in [1.29, 1.82) is 0 Å². The van der Waals surface area contributed by atoms with Gasteiger partial charge in [0.05, 0.1) is 37.4 Å². The maximum Gasteiger partial charge on any atom is 0.344 e. The lowest BCUT2D eigenvalue weighted by Crippen LogP contribution is -2.79. The van der Waals surface area contributed by atoms with Gasteiger partial charge in [0.1, 0.15) is 5.75 Å². The minimum atomic E-state index is -2.30. The third kappa shape index (κ3) is 6.13. The van der Waals surface area contributed by atoms with Crippen LogP contribution in [0, 0.1) is 28.1 Å². The zero-order valence-corrected chi connectivity index (χ0v) is 39.3. The van der Waals surface area contributed by atoms with Gasteiger partial charge in [0, 0.05) is 75.7 Å². The highest BCUT2D eigenvalue weighted by atomic mass is 16.6. The number of likely N-dealkylation sites (tertiary alicyclic amines) is 1. The van der Waals surface area contributed by atoms with Crippen molar-refractivity contribution in [1.82, 2.24) is 14.7 Å². The highest BCUT2D eigenvalue weighted by Crippen LogP contribution is 2.70. The van der Waals surface area contributed by atoms with E-state index < -0.39 is 63.6 Å². The number of allylic oxidation sites excluding steroid dienone is 1. The van der Waals surface area contributed by atoms with Gasteiger partial charge in [0.15, 0.2) is 13.4 Å². The molecule has 3 unspecified atom stereocenters. The van der Waals surface area contributed by atoms with Crippen LogP contribution in [0.1, 0.15) is 64.9 Å². The van der Waals surface area contributed by atoms with Crippen LogP contribution in [-0.4, -0.2) is 152 Å². The zero-order chi connectivity index (χ0) is 46.7. The van der Waals surface area contributed by atoms with Crippen molar-refractivity contribution in [3.05, 3.63) is 89.1 Å². The van der Waals surface area contributed by atoms with Gasteiger partial charge in [-0.1, -0.05) is 67.3 Å². The van der Waals surface area contributed by atoms with Gasteiger partial charge in [-0.3, -0.25) is 19.4 Å². The molecule has 12 atom stereocenters. The van der Waals surface area contributed by atoms with E-state index in [-0.39, 0.29) is 23.7 Å².